The second-order valence-corrected chi connectivity index (χ2v) is 5.33. The van der Waals surface area contributed by atoms with Crippen molar-refractivity contribution in [1.29, 1.82) is 0 Å². The maximum absolute atomic E-state index is 13.5. The molecule has 3 rings (SSSR count). The van der Waals surface area contributed by atoms with Gasteiger partial charge in [0, 0.05) is 13.1 Å². The van der Waals surface area contributed by atoms with Gasteiger partial charge in [-0.3, -0.25) is 0 Å². The number of benzene rings is 2. The van der Waals surface area contributed by atoms with Gasteiger partial charge in [0.2, 0.25) is 0 Å². The highest BCUT2D eigenvalue weighted by atomic mass is 19.1. The van der Waals surface area contributed by atoms with Gasteiger partial charge in [-0.05, 0) is 41.5 Å². The molecule has 3 aromatic rings. The van der Waals surface area contributed by atoms with Gasteiger partial charge in [-0.25, -0.2) is 4.39 Å². The van der Waals surface area contributed by atoms with Crippen molar-refractivity contribution < 1.29 is 8.78 Å². The van der Waals surface area contributed by atoms with E-state index in [4.69, 9.17) is 0 Å². The van der Waals surface area contributed by atoms with E-state index in [1.165, 1.54) is 6.07 Å². The molecule has 0 fully saturated rings. The van der Waals surface area contributed by atoms with E-state index in [9.17, 15) is 8.78 Å². The Balaban J connectivity index is 1.55. The molecule has 2 nitrogen and oxygen atoms in total. The predicted molar refractivity (Wildman–Crippen MR) is 91.6 cm³/mol. The number of halogens is 2. The highest BCUT2D eigenvalue weighted by molar-refractivity contribution is 5.45. The maximum atomic E-state index is 13.5. The number of anilines is 2. The molecular formula is C20H16F2N2. The molecule has 0 aliphatic carbocycles. The fourth-order valence-electron chi connectivity index (χ4n) is 2.28. The Morgan fingerprint density at radius 2 is 1.38 bits per heavy atom. The van der Waals surface area contributed by atoms with Crippen LogP contribution in [0.25, 0.3) is 0 Å². The van der Waals surface area contributed by atoms with Crippen LogP contribution in [-0.2, 0) is 13.1 Å². The van der Waals surface area contributed by atoms with Crippen LogP contribution in [0.3, 0.4) is 0 Å². The summed E-state index contributed by atoms with van der Waals surface area (Å²) in [5, 5.41) is 6.09. The number of hydrogen-bond donors (Lipinski definition) is 2. The molecule has 0 saturated heterocycles. The number of rotatable bonds is 6. The molecule has 24 heavy (non-hydrogen) atoms. The molecule has 0 saturated carbocycles. The summed E-state index contributed by atoms with van der Waals surface area (Å²) >= 11 is 0. The van der Waals surface area contributed by atoms with Crippen molar-refractivity contribution in [2.24, 2.45) is 0 Å². The molecule has 0 unspecified atom stereocenters. The van der Waals surface area contributed by atoms with Crippen molar-refractivity contribution >= 4 is 11.4 Å². The first kappa shape index (κ1) is 15.8. The summed E-state index contributed by atoms with van der Waals surface area (Å²) < 4.78 is 27.0. The van der Waals surface area contributed by atoms with Crippen molar-refractivity contribution in [2.75, 3.05) is 10.6 Å². The van der Waals surface area contributed by atoms with E-state index in [0.717, 1.165) is 11.1 Å². The van der Waals surface area contributed by atoms with Gasteiger partial charge in [0.1, 0.15) is 5.82 Å². The fraction of sp³-hybridized carbons (Fsp3) is 0.100. The topological polar surface area (TPSA) is 24.1 Å². The summed E-state index contributed by atoms with van der Waals surface area (Å²) in [6, 6.07) is 22.6. The monoisotopic (exact) mass is 322 g/mol. The lowest BCUT2D eigenvalue weighted by atomic mass is 10.1. The third-order valence-electron chi connectivity index (χ3n) is 3.61. The predicted octanol–water partition coefficient (Wildman–Crippen LogP) is 4.79. The molecule has 120 valence electrons. The van der Waals surface area contributed by atoms with Crippen LogP contribution >= 0.6 is 0 Å². The first-order valence-electron chi connectivity index (χ1n) is 7.60. The van der Waals surface area contributed by atoms with Crippen LogP contribution in [0.4, 0.5) is 20.2 Å². The van der Waals surface area contributed by atoms with Gasteiger partial charge in [0.05, 0.1) is 11.4 Å². The molecule has 0 bridgehead atoms. The highest BCUT2D eigenvalue weighted by Gasteiger charge is 2.02. The van der Waals surface area contributed by atoms with Crippen LogP contribution in [0.15, 0.2) is 60.7 Å². The summed E-state index contributed by atoms with van der Waals surface area (Å²) in [4.78, 5) is 0. The van der Waals surface area contributed by atoms with Gasteiger partial charge in [-0.2, -0.15) is 4.39 Å². The van der Waals surface area contributed by atoms with Crippen molar-refractivity contribution in [3.05, 3.63) is 95.6 Å². The minimum absolute atomic E-state index is 0.266. The van der Waals surface area contributed by atoms with Crippen LogP contribution in [-0.4, -0.2) is 0 Å². The normalized spacial score (nSPS) is 10.1. The van der Waals surface area contributed by atoms with E-state index in [1.54, 1.807) is 30.3 Å². The van der Waals surface area contributed by atoms with Gasteiger partial charge < -0.3 is 10.6 Å². The smallest absolute Gasteiger partial charge is 0.196 e. The zero-order valence-electron chi connectivity index (χ0n) is 12.9. The third kappa shape index (κ3) is 4.02. The summed E-state index contributed by atoms with van der Waals surface area (Å²) in [7, 11) is 0. The molecule has 0 heterocycles. The SMILES string of the molecule is Fc1c#cccc1NCc1ccc(CNc2ccccc2F)cc1. The van der Waals surface area contributed by atoms with Crippen molar-refractivity contribution in [3.63, 3.8) is 0 Å². The van der Waals surface area contributed by atoms with Crippen LogP contribution in [0.5, 0.6) is 0 Å². The van der Waals surface area contributed by atoms with Gasteiger partial charge in [-0.1, -0.05) is 42.5 Å². The molecule has 0 aromatic heterocycles. The molecular weight excluding hydrogens is 306 g/mol. The van der Waals surface area contributed by atoms with E-state index in [1.807, 2.05) is 24.3 Å². The standard InChI is InChI=1S/C20H16F2N2/c21-17-5-1-3-7-19(17)23-13-15-9-11-16(12-10-15)14-24-20-8-4-2-6-18(20)22/h1,3-5,7-12,23-24H,13-14H2. The quantitative estimate of drug-likeness (QED) is 0.682. The minimum atomic E-state index is -0.441. The molecule has 0 aliphatic heterocycles. The van der Waals surface area contributed by atoms with Crippen LogP contribution in [0, 0.1) is 23.8 Å². The molecule has 0 atom stereocenters. The Labute approximate surface area is 140 Å². The van der Waals surface area contributed by atoms with E-state index < -0.39 is 5.82 Å². The van der Waals surface area contributed by atoms with Gasteiger partial charge in [0.25, 0.3) is 0 Å². The molecule has 0 radical (unpaired) electrons. The molecule has 2 N–H and O–H groups in total. The Bertz CT molecular complexity index is 732. The van der Waals surface area contributed by atoms with Gasteiger partial charge >= 0.3 is 0 Å². The van der Waals surface area contributed by atoms with E-state index in [2.05, 4.69) is 22.8 Å². The Kier molecular flexibility index (Phi) is 4.93. The second kappa shape index (κ2) is 7.47. The van der Waals surface area contributed by atoms with E-state index in [-0.39, 0.29) is 5.82 Å². The van der Waals surface area contributed by atoms with Crippen molar-refractivity contribution in [1.82, 2.24) is 0 Å². The van der Waals surface area contributed by atoms with E-state index >= 15 is 0 Å². The largest absolute Gasteiger partial charge is 0.379 e. The summed E-state index contributed by atoms with van der Waals surface area (Å²) in [6.45, 7) is 1.04. The van der Waals surface area contributed by atoms with Crippen LogP contribution in [0.2, 0.25) is 0 Å². The lowest BCUT2D eigenvalue weighted by Crippen LogP contribution is -2.03. The fourth-order valence-corrected chi connectivity index (χ4v) is 2.28. The van der Waals surface area contributed by atoms with Crippen molar-refractivity contribution in [2.45, 2.75) is 13.1 Å². The second-order valence-electron chi connectivity index (χ2n) is 5.33. The summed E-state index contributed by atoms with van der Waals surface area (Å²) in [5.74, 6) is -0.708. The lowest BCUT2D eigenvalue weighted by molar-refractivity contribution is 0.630. The third-order valence-corrected chi connectivity index (χ3v) is 3.61. The number of nitrogens with one attached hydrogen (secondary N) is 2. The highest BCUT2D eigenvalue weighted by Crippen LogP contribution is 2.15. The molecule has 4 heteroatoms. The summed E-state index contributed by atoms with van der Waals surface area (Å²) in [6.07, 6.45) is 0. The maximum Gasteiger partial charge on any atom is 0.196 e. The molecule has 0 aliphatic rings. The number of hydrogen-bond acceptors (Lipinski definition) is 2. The minimum Gasteiger partial charge on any atom is -0.379 e. The zero-order valence-corrected chi connectivity index (χ0v) is 12.9. The number of para-hydroxylation sites is 1. The average molecular weight is 322 g/mol. The molecule has 3 aromatic carbocycles. The Morgan fingerprint density at radius 3 is 2.00 bits per heavy atom. The molecule has 0 spiro atoms. The van der Waals surface area contributed by atoms with Gasteiger partial charge in [0.15, 0.2) is 5.82 Å². The molecule has 0 amide bonds. The Morgan fingerprint density at radius 1 is 0.750 bits per heavy atom. The Hall–Kier alpha value is -3.06. The van der Waals surface area contributed by atoms with Crippen molar-refractivity contribution in [3.8, 4) is 0 Å². The first-order valence-corrected chi connectivity index (χ1v) is 7.60. The van der Waals surface area contributed by atoms with Crippen LogP contribution in [0.1, 0.15) is 11.1 Å². The zero-order chi connectivity index (χ0) is 16.8. The lowest BCUT2D eigenvalue weighted by Gasteiger charge is -2.09. The van der Waals surface area contributed by atoms with E-state index in [0.29, 0.717) is 24.5 Å². The first-order chi connectivity index (χ1) is 11.7. The van der Waals surface area contributed by atoms with Crippen LogP contribution < -0.4 is 10.6 Å². The average Bonchev–Trinajstić information content (AvgIpc) is 2.61. The van der Waals surface area contributed by atoms with Gasteiger partial charge in [-0.15, -0.1) is 0 Å². The summed E-state index contributed by atoms with van der Waals surface area (Å²) in [5.41, 5.74) is 2.95.